The van der Waals surface area contributed by atoms with Crippen molar-refractivity contribution in [3.63, 3.8) is 0 Å². The monoisotopic (exact) mass is 384 g/mol. The number of carboxylic acid groups (broad SMARTS) is 1. The minimum absolute atomic E-state index is 0.137. The first-order valence-electron chi connectivity index (χ1n) is 9.38. The van der Waals surface area contributed by atoms with Crippen LogP contribution in [0.4, 0.5) is 11.5 Å². The molecule has 1 aromatic carbocycles. The fourth-order valence-corrected chi connectivity index (χ4v) is 4.87. The molecule has 0 radical (unpaired) electrons. The highest BCUT2D eigenvalue weighted by molar-refractivity contribution is 7.99. The van der Waals surface area contributed by atoms with Crippen LogP contribution in [0, 0.1) is 11.8 Å². The zero-order valence-electron chi connectivity index (χ0n) is 15.4. The van der Waals surface area contributed by atoms with Crippen LogP contribution in [0.1, 0.15) is 31.2 Å². The molecule has 7 heteroatoms. The summed E-state index contributed by atoms with van der Waals surface area (Å²) in [5, 5.41) is 13.4. The molecule has 1 saturated carbocycles. The fourth-order valence-electron chi connectivity index (χ4n) is 3.99. The zero-order chi connectivity index (χ0) is 18.8. The van der Waals surface area contributed by atoms with E-state index in [1.54, 1.807) is 24.2 Å². The van der Waals surface area contributed by atoms with Gasteiger partial charge in [0.2, 0.25) is 0 Å². The Hall–Kier alpha value is -2.12. The highest BCUT2D eigenvalue weighted by atomic mass is 32.2. The third-order valence-corrected chi connectivity index (χ3v) is 6.45. The standard InChI is InChI=1S/C20H24N4O2S/c1-24(11-13-2-5-15(6-3-13)20(25)26)12-14-4-7-17-16(10-14)23-18-19(27-17)22-9-8-21-18/h4,7-10,13,15H,2-3,5-6,11-12H2,1H3,(H,21,23)(H,25,26). The molecule has 4 rings (SSSR count). The van der Waals surface area contributed by atoms with E-state index in [1.807, 2.05) is 0 Å². The number of carboxylic acids is 1. The highest BCUT2D eigenvalue weighted by Crippen LogP contribution is 2.42. The van der Waals surface area contributed by atoms with Crippen LogP contribution in [0.3, 0.4) is 0 Å². The molecule has 0 spiro atoms. The molecular weight excluding hydrogens is 360 g/mol. The predicted octanol–water partition coefficient (Wildman–Crippen LogP) is 4.01. The van der Waals surface area contributed by atoms with Crippen LogP contribution in [-0.4, -0.2) is 39.5 Å². The van der Waals surface area contributed by atoms with Crippen molar-refractivity contribution in [3.8, 4) is 0 Å². The maximum absolute atomic E-state index is 11.1. The van der Waals surface area contributed by atoms with Gasteiger partial charge in [0.15, 0.2) is 5.82 Å². The van der Waals surface area contributed by atoms with Gasteiger partial charge in [-0.05, 0) is 56.3 Å². The second kappa shape index (κ2) is 7.86. The Balaban J connectivity index is 1.35. The van der Waals surface area contributed by atoms with Gasteiger partial charge in [0.25, 0.3) is 0 Å². The Bertz CT molecular complexity index is 836. The molecule has 2 aromatic rings. The van der Waals surface area contributed by atoms with E-state index in [-0.39, 0.29) is 5.92 Å². The number of fused-ring (bicyclic) bond motifs is 2. The normalized spacial score (nSPS) is 21.3. The first kappa shape index (κ1) is 18.3. The Morgan fingerprint density at radius 3 is 2.81 bits per heavy atom. The minimum Gasteiger partial charge on any atom is -0.481 e. The predicted molar refractivity (Wildman–Crippen MR) is 105 cm³/mol. The third kappa shape index (κ3) is 4.25. The van der Waals surface area contributed by atoms with Crippen LogP contribution in [-0.2, 0) is 11.3 Å². The third-order valence-electron chi connectivity index (χ3n) is 5.39. The zero-order valence-corrected chi connectivity index (χ0v) is 16.2. The van der Waals surface area contributed by atoms with Crippen LogP contribution < -0.4 is 5.32 Å². The van der Waals surface area contributed by atoms with Gasteiger partial charge in [-0.1, -0.05) is 17.8 Å². The number of carbonyl (C=O) groups is 1. The van der Waals surface area contributed by atoms with Crippen molar-refractivity contribution in [1.82, 2.24) is 14.9 Å². The van der Waals surface area contributed by atoms with Crippen molar-refractivity contribution < 1.29 is 9.90 Å². The summed E-state index contributed by atoms with van der Waals surface area (Å²) in [6, 6.07) is 6.51. The SMILES string of the molecule is CN(Cc1ccc2c(c1)Nc1nccnc1S2)CC1CCC(C(=O)O)CC1. The van der Waals surface area contributed by atoms with Crippen molar-refractivity contribution >= 4 is 29.2 Å². The molecule has 0 amide bonds. The molecule has 0 saturated heterocycles. The number of anilines is 2. The van der Waals surface area contributed by atoms with Crippen molar-refractivity contribution in [3.05, 3.63) is 36.2 Å². The van der Waals surface area contributed by atoms with E-state index in [9.17, 15) is 4.79 Å². The largest absolute Gasteiger partial charge is 0.481 e. The summed E-state index contributed by atoms with van der Waals surface area (Å²) in [7, 11) is 2.14. The van der Waals surface area contributed by atoms with E-state index in [1.165, 1.54) is 10.5 Å². The van der Waals surface area contributed by atoms with Crippen molar-refractivity contribution in [1.29, 1.82) is 0 Å². The summed E-state index contributed by atoms with van der Waals surface area (Å²) < 4.78 is 0. The molecule has 142 valence electrons. The summed E-state index contributed by atoms with van der Waals surface area (Å²) in [5.41, 5.74) is 2.34. The number of nitrogens with zero attached hydrogens (tertiary/aromatic N) is 3. The Labute approximate surface area is 163 Å². The van der Waals surface area contributed by atoms with E-state index in [0.29, 0.717) is 5.92 Å². The van der Waals surface area contributed by atoms with E-state index >= 15 is 0 Å². The average molecular weight is 385 g/mol. The Morgan fingerprint density at radius 2 is 2.04 bits per heavy atom. The van der Waals surface area contributed by atoms with Gasteiger partial charge in [0, 0.05) is 30.4 Å². The lowest BCUT2D eigenvalue weighted by atomic mass is 9.82. The molecule has 0 unspecified atom stereocenters. The van der Waals surface area contributed by atoms with Crippen LogP contribution in [0.5, 0.6) is 0 Å². The topological polar surface area (TPSA) is 78.3 Å². The van der Waals surface area contributed by atoms with Gasteiger partial charge < -0.3 is 15.3 Å². The lowest BCUT2D eigenvalue weighted by molar-refractivity contribution is -0.143. The average Bonchev–Trinajstić information content (AvgIpc) is 2.66. The Kier molecular flexibility index (Phi) is 5.31. The molecule has 0 atom stereocenters. The van der Waals surface area contributed by atoms with Gasteiger partial charge in [-0.15, -0.1) is 0 Å². The van der Waals surface area contributed by atoms with E-state index in [4.69, 9.17) is 5.11 Å². The summed E-state index contributed by atoms with van der Waals surface area (Å²) in [6.07, 6.45) is 7.07. The maximum Gasteiger partial charge on any atom is 0.306 e. The quantitative estimate of drug-likeness (QED) is 0.688. The number of benzene rings is 1. The molecular formula is C20H24N4O2S. The van der Waals surface area contributed by atoms with Crippen LogP contribution in [0.25, 0.3) is 0 Å². The van der Waals surface area contributed by atoms with Gasteiger partial charge in [-0.3, -0.25) is 4.79 Å². The molecule has 0 bridgehead atoms. The van der Waals surface area contributed by atoms with Crippen LogP contribution in [0.2, 0.25) is 0 Å². The van der Waals surface area contributed by atoms with Crippen molar-refractivity contribution in [2.24, 2.45) is 11.8 Å². The van der Waals surface area contributed by atoms with E-state index in [2.05, 4.69) is 45.4 Å². The number of hydrogen-bond donors (Lipinski definition) is 2. The molecule has 2 N–H and O–H groups in total. The van der Waals surface area contributed by atoms with Gasteiger partial charge >= 0.3 is 5.97 Å². The summed E-state index contributed by atoms with van der Waals surface area (Å²) >= 11 is 1.64. The van der Waals surface area contributed by atoms with Gasteiger partial charge in [0.05, 0.1) is 11.6 Å². The molecule has 2 heterocycles. The second-order valence-corrected chi connectivity index (χ2v) is 8.55. The number of aliphatic carboxylic acids is 1. The number of hydrogen-bond acceptors (Lipinski definition) is 6. The van der Waals surface area contributed by atoms with E-state index < -0.39 is 5.97 Å². The van der Waals surface area contributed by atoms with Gasteiger partial charge in [0.1, 0.15) is 5.03 Å². The molecule has 27 heavy (non-hydrogen) atoms. The first-order valence-corrected chi connectivity index (χ1v) is 10.2. The summed E-state index contributed by atoms with van der Waals surface area (Å²) in [5.74, 6) is 0.643. The molecule has 1 aliphatic heterocycles. The number of nitrogens with one attached hydrogen (secondary N) is 1. The fraction of sp³-hybridized carbons (Fsp3) is 0.450. The van der Waals surface area contributed by atoms with Crippen molar-refractivity contribution in [2.75, 3.05) is 18.9 Å². The van der Waals surface area contributed by atoms with Crippen LogP contribution >= 0.6 is 11.8 Å². The minimum atomic E-state index is -0.632. The summed E-state index contributed by atoms with van der Waals surface area (Å²) in [4.78, 5) is 23.3. The molecule has 1 aromatic heterocycles. The molecule has 1 aliphatic carbocycles. The van der Waals surface area contributed by atoms with Gasteiger partial charge in [-0.25, -0.2) is 9.97 Å². The first-order chi connectivity index (χ1) is 13.1. The number of aromatic nitrogens is 2. The molecule has 1 fully saturated rings. The maximum atomic E-state index is 11.1. The highest BCUT2D eigenvalue weighted by Gasteiger charge is 2.26. The number of rotatable bonds is 5. The molecule has 2 aliphatic rings. The lowest BCUT2D eigenvalue weighted by Crippen LogP contribution is -2.30. The smallest absolute Gasteiger partial charge is 0.306 e. The molecule has 6 nitrogen and oxygen atoms in total. The van der Waals surface area contributed by atoms with Crippen molar-refractivity contribution in [2.45, 2.75) is 42.1 Å². The second-order valence-electron chi connectivity index (χ2n) is 7.52. The summed E-state index contributed by atoms with van der Waals surface area (Å²) in [6.45, 7) is 1.89. The van der Waals surface area contributed by atoms with Crippen LogP contribution in [0.15, 0.2) is 40.5 Å². The Morgan fingerprint density at radius 1 is 1.26 bits per heavy atom. The van der Waals surface area contributed by atoms with E-state index in [0.717, 1.165) is 55.3 Å². The lowest BCUT2D eigenvalue weighted by Gasteiger charge is -2.30. The van der Waals surface area contributed by atoms with Gasteiger partial charge in [-0.2, -0.15) is 0 Å².